The molecule has 1 saturated heterocycles. The number of nitrogens with zero attached hydrogens (tertiary/aromatic N) is 4. The molecule has 0 atom stereocenters. The maximum atomic E-state index is 11.6. The van der Waals surface area contributed by atoms with Crippen molar-refractivity contribution in [2.45, 2.75) is 13.3 Å². The third-order valence-electron chi connectivity index (χ3n) is 6.53. The van der Waals surface area contributed by atoms with E-state index in [2.05, 4.69) is 69.1 Å². The summed E-state index contributed by atoms with van der Waals surface area (Å²) >= 11 is 0. The average Bonchev–Trinajstić information content (AvgIpc) is 3.46. The first-order chi connectivity index (χ1) is 15.5. The molecule has 1 N–H and O–H groups in total. The molecule has 2 aliphatic heterocycles. The number of piperazine rings is 1. The number of aromatic amines is 1. The van der Waals surface area contributed by atoms with E-state index in [4.69, 9.17) is 0 Å². The number of H-pyrrole nitrogens is 1. The van der Waals surface area contributed by atoms with Gasteiger partial charge in [0, 0.05) is 75.3 Å². The summed E-state index contributed by atoms with van der Waals surface area (Å²) in [5, 5.41) is 1.31. The van der Waals surface area contributed by atoms with E-state index in [9.17, 15) is 4.79 Å². The lowest BCUT2D eigenvalue weighted by Gasteiger charge is -2.35. The largest absolute Gasteiger partial charge is 0.369 e. The number of aromatic nitrogens is 1. The molecule has 2 aliphatic rings. The average molecular weight is 434 g/mol. The van der Waals surface area contributed by atoms with Gasteiger partial charge in [-0.2, -0.15) is 0 Å². The van der Waals surface area contributed by atoms with Crippen molar-refractivity contribution in [2.75, 3.05) is 69.7 Å². The van der Waals surface area contributed by atoms with Gasteiger partial charge < -0.3 is 24.6 Å². The Morgan fingerprint density at radius 1 is 1.00 bits per heavy atom. The van der Waals surface area contributed by atoms with Crippen LogP contribution in [0.15, 0.2) is 54.7 Å². The summed E-state index contributed by atoms with van der Waals surface area (Å²) in [5.74, 6) is 0.159. The van der Waals surface area contributed by atoms with Gasteiger partial charge >= 0.3 is 0 Å². The summed E-state index contributed by atoms with van der Waals surface area (Å²) in [6.45, 7) is 9.51. The summed E-state index contributed by atoms with van der Waals surface area (Å²) in [5.41, 5.74) is 5.14. The van der Waals surface area contributed by atoms with Crippen molar-refractivity contribution in [3.05, 3.63) is 60.3 Å². The Balaban J connectivity index is 0.000000155. The zero-order chi connectivity index (χ0) is 22.5. The number of hydrogen-bond donors (Lipinski definition) is 1. The molecule has 0 spiro atoms. The van der Waals surface area contributed by atoms with Gasteiger partial charge in [0.1, 0.15) is 0 Å². The summed E-state index contributed by atoms with van der Waals surface area (Å²) < 4.78 is 0. The number of nitrogens with one attached hydrogen (secondary N) is 1. The van der Waals surface area contributed by atoms with Crippen molar-refractivity contribution in [3.63, 3.8) is 0 Å². The number of anilines is 2. The Morgan fingerprint density at radius 2 is 1.78 bits per heavy atom. The van der Waals surface area contributed by atoms with Crippen LogP contribution in [-0.2, 0) is 11.2 Å². The van der Waals surface area contributed by atoms with Crippen molar-refractivity contribution in [2.24, 2.45) is 0 Å². The van der Waals surface area contributed by atoms with Gasteiger partial charge in [-0.3, -0.25) is 4.79 Å². The maximum absolute atomic E-state index is 11.6. The minimum atomic E-state index is 0.159. The Morgan fingerprint density at radius 3 is 2.53 bits per heavy atom. The third-order valence-corrected chi connectivity index (χ3v) is 6.53. The van der Waals surface area contributed by atoms with Gasteiger partial charge in [0.05, 0.1) is 6.54 Å². The fourth-order valence-corrected chi connectivity index (χ4v) is 4.44. The lowest BCUT2D eigenvalue weighted by Crippen LogP contribution is -2.46. The van der Waals surface area contributed by atoms with Crippen molar-refractivity contribution >= 4 is 28.2 Å². The van der Waals surface area contributed by atoms with Crippen molar-refractivity contribution < 1.29 is 4.79 Å². The molecule has 3 aromatic rings. The SMILES string of the molecule is CCN1CCN(c2ccc3[nH]ccc3c2)CC1.CN(C)C(=O)CN1CCc2ccccc21. The van der Waals surface area contributed by atoms with Crippen LogP contribution in [0.2, 0.25) is 0 Å². The molecule has 6 nitrogen and oxygen atoms in total. The molecule has 0 unspecified atom stereocenters. The van der Waals surface area contributed by atoms with E-state index < -0.39 is 0 Å². The van der Waals surface area contributed by atoms with Gasteiger partial charge in [-0.15, -0.1) is 0 Å². The first kappa shape index (κ1) is 22.2. The highest BCUT2D eigenvalue weighted by atomic mass is 16.2. The predicted octanol–water partition coefficient (Wildman–Crippen LogP) is 3.45. The molecule has 1 fully saturated rings. The second-order valence-corrected chi connectivity index (χ2v) is 8.76. The minimum absolute atomic E-state index is 0.159. The second kappa shape index (κ2) is 10.1. The van der Waals surface area contributed by atoms with E-state index in [1.807, 2.05) is 12.3 Å². The van der Waals surface area contributed by atoms with Crippen LogP contribution in [0.4, 0.5) is 11.4 Å². The van der Waals surface area contributed by atoms with E-state index in [0.29, 0.717) is 6.54 Å². The molecule has 32 heavy (non-hydrogen) atoms. The lowest BCUT2D eigenvalue weighted by molar-refractivity contribution is -0.127. The molecule has 0 bridgehead atoms. The van der Waals surface area contributed by atoms with Crippen LogP contribution in [0.25, 0.3) is 10.9 Å². The van der Waals surface area contributed by atoms with E-state index >= 15 is 0 Å². The standard InChI is InChI=1S/C14H19N3.C12H16N2O/c1-2-16-7-9-17(10-8-16)13-3-4-14-12(11-13)5-6-15-14;1-13(2)12(15)9-14-8-7-10-5-3-4-6-11(10)14/h3-6,11,15H,2,7-10H2,1H3;3-6H,7-9H2,1-2H3. The highest BCUT2D eigenvalue weighted by molar-refractivity contribution is 5.83. The van der Waals surface area contributed by atoms with Crippen LogP contribution in [0.1, 0.15) is 12.5 Å². The quantitative estimate of drug-likeness (QED) is 0.685. The zero-order valence-electron chi connectivity index (χ0n) is 19.6. The van der Waals surface area contributed by atoms with Crippen molar-refractivity contribution in [3.8, 4) is 0 Å². The monoisotopic (exact) mass is 433 g/mol. The molecule has 0 saturated carbocycles. The van der Waals surface area contributed by atoms with Gasteiger partial charge in [0.15, 0.2) is 0 Å². The van der Waals surface area contributed by atoms with E-state index in [1.54, 1.807) is 19.0 Å². The van der Waals surface area contributed by atoms with Gasteiger partial charge in [-0.05, 0) is 48.9 Å². The van der Waals surface area contributed by atoms with Crippen molar-refractivity contribution in [1.29, 1.82) is 0 Å². The minimum Gasteiger partial charge on any atom is -0.369 e. The zero-order valence-corrected chi connectivity index (χ0v) is 19.6. The molecule has 3 heterocycles. The van der Waals surface area contributed by atoms with Gasteiger partial charge in [-0.25, -0.2) is 0 Å². The fourth-order valence-electron chi connectivity index (χ4n) is 4.44. The van der Waals surface area contributed by atoms with Crippen molar-refractivity contribution in [1.82, 2.24) is 14.8 Å². The Bertz CT molecular complexity index is 1040. The summed E-state index contributed by atoms with van der Waals surface area (Å²) in [6.07, 6.45) is 3.06. The summed E-state index contributed by atoms with van der Waals surface area (Å²) in [6, 6.07) is 17.1. The first-order valence-corrected chi connectivity index (χ1v) is 11.6. The number of carbonyl (C=O) groups excluding carboxylic acids is 1. The number of benzene rings is 2. The van der Waals surface area contributed by atoms with Crippen LogP contribution in [0.3, 0.4) is 0 Å². The Labute approximate surface area is 191 Å². The normalized spacial score (nSPS) is 16.0. The number of para-hydroxylation sites is 1. The smallest absolute Gasteiger partial charge is 0.241 e. The molecule has 1 amide bonds. The van der Waals surface area contributed by atoms with Crippen LogP contribution < -0.4 is 9.80 Å². The third kappa shape index (κ3) is 5.07. The molecule has 6 heteroatoms. The van der Waals surface area contributed by atoms with E-state index in [1.165, 1.54) is 47.5 Å². The molecule has 0 radical (unpaired) electrons. The molecular weight excluding hydrogens is 398 g/mol. The topological polar surface area (TPSA) is 45.8 Å². The number of carbonyl (C=O) groups is 1. The Kier molecular flexibility index (Phi) is 7.00. The highest BCUT2D eigenvalue weighted by Gasteiger charge is 2.20. The molecule has 5 rings (SSSR count). The number of amides is 1. The number of fused-ring (bicyclic) bond motifs is 2. The molecule has 170 valence electrons. The van der Waals surface area contributed by atoms with Gasteiger partial charge in [0.2, 0.25) is 5.91 Å². The number of likely N-dealkylation sites (N-methyl/N-ethyl adjacent to an activating group) is 2. The van der Waals surface area contributed by atoms with Crippen LogP contribution in [0, 0.1) is 0 Å². The summed E-state index contributed by atoms with van der Waals surface area (Å²) in [4.78, 5) is 23.6. The highest BCUT2D eigenvalue weighted by Crippen LogP contribution is 2.27. The Hall–Kier alpha value is -2.99. The van der Waals surface area contributed by atoms with Crippen LogP contribution in [0.5, 0.6) is 0 Å². The maximum Gasteiger partial charge on any atom is 0.241 e. The van der Waals surface area contributed by atoms with E-state index in [-0.39, 0.29) is 5.91 Å². The fraction of sp³-hybridized carbons (Fsp3) is 0.423. The summed E-state index contributed by atoms with van der Waals surface area (Å²) in [7, 11) is 3.59. The number of rotatable bonds is 4. The van der Waals surface area contributed by atoms with Gasteiger partial charge in [-0.1, -0.05) is 25.1 Å². The lowest BCUT2D eigenvalue weighted by atomic mass is 10.2. The number of hydrogen-bond acceptors (Lipinski definition) is 4. The predicted molar refractivity (Wildman–Crippen MR) is 134 cm³/mol. The van der Waals surface area contributed by atoms with Crippen LogP contribution >= 0.6 is 0 Å². The molecule has 1 aromatic heterocycles. The molecular formula is C26H35N5O. The van der Waals surface area contributed by atoms with E-state index in [0.717, 1.165) is 26.1 Å². The first-order valence-electron chi connectivity index (χ1n) is 11.6. The molecule has 2 aromatic carbocycles. The second-order valence-electron chi connectivity index (χ2n) is 8.76. The molecule has 0 aliphatic carbocycles. The van der Waals surface area contributed by atoms with Gasteiger partial charge in [0.25, 0.3) is 0 Å². The van der Waals surface area contributed by atoms with Crippen LogP contribution in [-0.4, -0.2) is 80.6 Å².